The minimum atomic E-state index is -0.0772. The number of nitrogens with two attached hydrogens (primary N) is 1. The van der Waals surface area contributed by atoms with Crippen LogP contribution in [0.5, 0.6) is 0 Å². The van der Waals surface area contributed by atoms with Crippen molar-refractivity contribution < 1.29 is 4.79 Å². The predicted octanol–water partition coefficient (Wildman–Crippen LogP) is 2.39. The highest BCUT2D eigenvalue weighted by Crippen LogP contribution is 2.11. The Labute approximate surface area is 109 Å². The molecule has 1 aromatic heterocycles. The zero-order chi connectivity index (χ0) is 13.7. The summed E-state index contributed by atoms with van der Waals surface area (Å²) in [5.41, 5.74) is 7.13. The van der Waals surface area contributed by atoms with Gasteiger partial charge in [-0.2, -0.15) is 0 Å². The molecule has 18 heavy (non-hydrogen) atoms. The van der Waals surface area contributed by atoms with Gasteiger partial charge < -0.3 is 11.1 Å². The van der Waals surface area contributed by atoms with Crippen LogP contribution in [0.2, 0.25) is 0 Å². The number of carbonyl (C=O) groups is 1. The molecule has 1 heterocycles. The fourth-order valence-corrected chi connectivity index (χ4v) is 1.71. The topological polar surface area (TPSA) is 68.0 Å². The molecule has 1 rings (SSSR count). The molecule has 0 saturated heterocycles. The lowest BCUT2D eigenvalue weighted by Crippen LogP contribution is -2.37. The Morgan fingerprint density at radius 3 is 2.61 bits per heavy atom. The third kappa shape index (κ3) is 3.72. The summed E-state index contributed by atoms with van der Waals surface area (Å²) in [4.78, 5) is 16.3. The molecular formula is C14H23N3O. The highest BCUT2D eigenvalue weighted by atomic mass is 16.1. The molecule has 1 amide bonds. The minimum Gasteiger partial charge on any atom is -0.384 e. The smallest absolute Gasteiger partial charge is 0.251 e. The Bertz CT molecular complexity index is 418. The first kappa shape index (κ1) is 14.5. The van der Waals surface area contributed by atoms with Crippen LogP contribution in [0, 0.1) is 5.92 Å². The second-order valence-corrected chi connectivity index (χ2v) is 4.77. The fourth-order valence-electron chi connectivity index (χ4n) is 1.71. The van der Waals surface area contributed by atoms with E-state index in [-0.39, 0.29) is 11.9 Å². The molecule has 0 spiro atoms. The molecule has 0 aliphatic heterocycles. The lowest BCUT2D eigenvalue weighted by molar-refractivity contribution is 0.0928. The monoisotopic (exact) mass is 249 g/mol. The van der Waals surface area contributed by atoms with E-state index < -0.39 is 0 Å². The number of amides is 1. The van der Waals surface area contributed by atoms with Gasteiger partial charge in [0.1, 0.15) is 5.82 Å². The number of nitrogens with zero attached hydrogens (tertiary/aromatic N) is 1. The summed E-state index contributed by atoms with van der Waals surface area (Å²) < 4.78 is 0. The van der Waals surface area contributed by atoms with Gasteiger partial charge in [-0.25, -0.2) is 4.98 Å². The molecule has 3 N–H and O–H groups in total. The van der Waals surface area contributed by atoms with Crippen molar-refractivity contribution in [1.29, 1.82) is 0 Å². The van der Waals surface area contributed by atoms with Crippen LogP contribution >= 0.6 is 0 Å². The fraction of sp³-hybridized carbons (Fsp3) is 0.571. The van der Waals surface area contributed by atoms with Crippen LogP contribution in [0.4, 0.5) is 5.82 Å². The number of pyridine rings is 1. The van der Waals surface area contributed by atoms with Crippen LogP contribution in [0.1, 0.15) is 50.2 Å². The van der Waals surface area contributed by atoms with Crippen molar-refractivity contribution in [2.24, 2.45) is 5.92 Å². The summed E-state index contributed by atoms with van der Waals surface area (Å²) in [6.45, 7) is 8.26. The molecular weight excluding hydrogens is 226 g/mol. The van der Waals surface area contributed by atoms with E-state index in [1.807, 2.05) is 13.8 Å². The lowest BCUT2D eigenvalue weighted by atomic mass is 10.0. The molecule has 1 aromatic rings. The van der Waals surface area contributed by atoms with Gasteiger partial charge in [-0.1, -0.05) is 27.2 Å². The van der Waals surface area contributed by atoms with Crippen LogP contribution in [0.15, 0.2) is 12.1 Å². The molecule has 0 radical (unpaired) electrons. The number of rotatable bonds is 5. The first-order valence-corrected chi connectivity index (χ1v) is 6.55. The molecule has 0 aliphatic carbocycles. The number of nitrogens with one attached hydrogen (secondary N) is 1. The number of carbonyl (C=O) groups excluding carboxylic acids is 1. The summed E-state index contributed by atoms with van der Waals surface area (Å²) in [5.74, 6) is 0.779. The highest BCUT2D eigenvalue weighted by Gasteiger charge is 2.15. The molecule has 0 aliphatic rings. The maximum Gasteiger partial charge on any atom is 0.251 e. The van der Waals surface area contributed by atoms with E-state index in [0.29, 0.717) is 17.3 Å². The van der Waals surface area contributed by atoms with Crippen LogP contribution in [0.25, 0.3) is 0 Å². The molecule has 100 valence electrons. The molecule has 4 heteroatoms. The maximum absolute atomic E-state index is 12.1. The summed E-state index contributed by atoms with van der Waals surface area (Å²) in [7, 11) is 0. The van der Waals surface area contributed by atoms with Gasteiger partial charge in [0.05, 0.1) is 0 Å². The van der Waals surface area contributed by atoms with Crippen molar-refractivity contribution in [1.82, 2.24) is 10.3 Å². The average Bonchev–Trinajstić information content (AvgIpc) is 2.36. The standard InChI is InChI=1S/C14H23N3O/c1-5-9(3)10(4)16-14(18)11-7-12(6-2)17-13(15)8-11/h7-10H,5-6H2,1-4H3,(H2,15,17)(H,16,18). The summed E-state index contributed by atoms with van der Waals surface area (Å²) in [6.07, 6.45) is 1.81. The zero-order valence-corrected chi connectivity index (χ0v) is 11.7. The Morgan fingerprint density at radius 1 is 1.39 bits per heavy atom. The van der Waals surface area contributed by atoms with Gasteiger partial charge in [-0.3, -0.25) is 4.79 Å². The van der Waals surface area contributed by atoms with Gasteiger partial charge in [0.15, 0.2) is 0 Å². The van der Waals surface area contributed by atoms with Crippen LogP contribution in [-0.2, 0) is 6.42 Å². The summed E-state index contributed by atoms with van der Waals surface area (Å²) >= 11 is 0. The van der Waals surface area contributed by atoms with Gasteiger partial charge >= 0.3 is 0 Å². The SMILES string of the molecule is CCc1cc(C(=O)NC(C)C(C)CC)cc(N)n1. The Morgan fingerprint density at radius 2 is 2.06 bits per heavy atom. The van der Waals surface area contributed by atoms with Crippen LogP contribution < -0.4 is 11.1 Å². The lowest BCUT2D eigenvalue weighted by Gasteiger charge is -2.20. The van der Waals surface area contributed by atoms with E-state index in [1.54, 1.807) is 12.1 Å². The third-order valence-corrected chi connectivity index (χ3v) is 3.38. The number of anilines is 1. The first-order chi connectivity index (χ1) is 8.47. The normalized spacial score (nSPS) is 14.0. The second kappa shape index (κ2) is 6.38. The number of hydrogen-bond donors (Lipinski definition) is 2. The number of nitrogen functional groups attached to an aromatic ring is 1. The van der Waals surface area contributed by atoms with E-state index in [0.717, 1.165) is 18.5 Å². The summed E-state index contributed by atoms with van der Waals surface area (Å²) in [6, 6.07) is 3.58. The van der Waals surface area contributed by atoms with Crippen molar-refractivity contribution in [3.05, 3.63) is 23.4 Å². The Balaban J connectivity index is 2.81. The molecule has 2 unspecified atom stereocenters. The van der Waals surface area contributed by atoms with Crippen molar-refractivity contribution >= 4 is 11.7 Å². The summed E-state index contributed by atoms with van der Waals surface area (Å²) in [5, 5.41) is 3.00. The van der Waals surface area contributed by atoms with E-state index in [9.17, 15) is 4.79 Å². The quantitative estimate of drug-likeness (QED) is 0.842. The van der Waals surface area contributed by atoms with Crippen LogP contribution in [0.3, 0.4) is 0 Å². The number of hydrogen-bond acceptors (Lipinski definition) is 3. The largest absolute Gasteiger partial charge is 0.384 e. The predicted molar refractivity (Wildman–Crippen MR) is 74.4 cm³/mol. The van der Waals surface area contributed by atoms with Crippen molar-refractivity contribution in [2.45, 2.75) is 46.6 Å². The molecule has 2 atom stereocenters. The Kier molecular flexibility index (Phi) is 5.13. The van der Waals surface area contributed by atoms with Crippen molar-refractivity contribution in [3.8, 4) is 0 Å². The van der Waals surface area contributed by atoms with Gasteiger partial charge in [0, 0.05) is 17.3 Å². The molecule has 0 bridgehead atoms. The zero-order valence-electron chi connectivity index (χ0n) is 11.7. The number of aryl methyl sites for hydroxylation is 1. The molecule has 0 fully saturated rings. The Hall–Kier alpha value is -1.58. The van der Waals surface area contributed by atoms with Crippen LogP contribution in [-0.4, -0.2) is 16.9 Å². The van der Waals surface area contributed by atoms with Crippen molar-refractivity contribution in [2.75, 3.05) is 5.73 Å². The molecule has 0 saturated carbocycles. The van der Waals surface area contributed by atoms with E-state index in [4.69, 9.17) is 5.73 Å². The van der Waals surface area contributed by atoms with E-state index >= 15 is 0 Å². The van der Waals surface area contributed by atoms with Gasteiger partial charge in [-0.15, -0.1) is 0 Å². The third-order valence-electron chi connectivity index (χ3n) is 3.38. The highest BCUT2D eigenvalue weighted by molar-refractivity contribution is 5.95. The maximum atomic E-state index is 12.1. The van der Waals surface area contributed by atoms with E-state index in [2.05, 4.69) is 24.1 Å². The van der Waals surface area contributed by atoms with Crippen molar-refractivity contribution in [3.63, 3.8) is 0 Å². The second-order valence-electron chi connectivity index (χ2n) is 4.77. The minimum absolute atomic E-state index is 0.0772. The molecule has 0 aromatic carbocycles. The average molecular weight is 249 g/mol. The number of aromatic nitrogens is 1. The van der Waals surface area contributed by atoms with E-state index in [1.165, 1.54) is 0 Å². The first-order valence-electron chi connectivity index (χ1n) is 6.55. The van der Waals surface area contributed by atoms with Gasteiger partial charge in [-0.05, 0) is 31.4 Å². The molecule has 4 nitrogen and oxygen atoms in total. The van der Waals surface area contributed by atoms with Gasteiger partial charge in [0.25, 0.3) is 5.91 Å². The van der Waals surface area contributed by atoms with Gasteiger partial charge in [0.2, 0.25) is 0 Å².